The van der Waals surface area contributed by atoms with Crippen molar-refractivity contribution in [2.24, 2.45) is 0 Å². The van der Waals surface area contributed by atoms with Gasteiger partial charge >= 0.3 is 5.97 Å². The Hall–Kier alpha value is -3.18. The third kappa shape index (κ3) is 5.05. The summed E-state index contributed by atoms with van der Waals surface area (Å²) in [5, 5.41) is 2.47. The van der Waals surface area contributed by atoms with E-state index >= 15 is 0 Å². The van der Waals surface area contributed by atoms with Gasteiger partial charge in [-0.25, -0.2) is 17.6 Å². The molecule has 0 atom stereocenters. The molecule has 9 nitrogen and oxygen atoms in total. The first kappa shape index (κ1) is 23.1. The minimum absolute atomic E-state index is 0.00690. The van der Waals surface area contributed by atoms with Crippen LogP contribution in [0.25, 0.3) is 0 Å². The molecular formula is C19H21FN2O7S. The maximum Gasteiger partial charge on any atom is 0.340 e. The van der Waals surface area contributed by atoms with Crippen molar-refractivity contribution in [3.63, 3.8) is 0 Å². The van der Waals surface area contributed by atoms with Gasteiger partial charge in [0.1, 0.15) is 5.82 Å². The number of hydrogen-bond acceptors (Lipinski definition) is 7. The standard InChI is InChI=1S/C19H21FN2O7S/c1-22(30(25,26)13-7-5-12(20)6-8-13)11-18(23)21-15-10-17(28-3)16(27-2)9-14(15)19(24)29-4/h5-10H,11H2,1-4H3,(H,21,23). The van der Waals surface area contributed by atoms with E-state index in [1.807, 2.05) is 0 Å². The topological polar surface area (TPSA) is 111 Å². The monoisotopic (exact) mass is 440 g/mol. The third-order valence-electron chi connectivity index (χ3n) is 4.09. The van der Waals surface area contributed by atoms with Crippen LogP contribution < -0.4 is 14.8 Å². The summed E-state index contributed by atoms with van der Waals surface area (Å²) in [6.45, 7) is -0.561. The molecule has 0 aliphatic rings. The lowest BCUT2D eigenvalue weighted by molar-refractivity contribution is -0.116. The number of ether oxygens (including phenoxy) is 3. The molecule has 0 heterocycles. The largest absolute Gasteiger partial charge is 0.493 e. The number of rotatable bonds is 8. The molecule has 11 heteroatoms. The molecule has 162 valence electrons. The molecule has 2 aromatic rings. The lowest BCUT2D eigenvalue weighted by Crippen LogP contribution is -2.35. The highest BCUT2D eigenvalue weighted by molar-refractivity contribution is 7.89. The Morgan fingerprint density at radius 1 is 1.03 bits per heavy atom. The maximum absolute atomic E-state index is 13.0. The van der Waals surface area contributed by atoms with Gasteiger partial charge in [0, 0.05) is 19.2 Å². The Balaban J connectivity index is 2.26. The number of carbonyl (C=O) groups excluding carboxylic acids is 2. The molecule has 0 aliphatic heterocycles. The number of hydrogen-bond donors (Lipinski definition) is 1. The van der Waals surface area contributed by atoms with Crippen LogP contribution in [0.15, 0.2) is 41.3 Å². The summed E-state index contributed by atoms with van der Waals surface area (Å²) >= 11 is 0. The predicted molar refractivity (Wildman–Crippen MR) is 106 cm³/mol. The van der Waals surface area contributed by atoms with Gasteiger partial charge in [-0.1, -0.05) is 0 Å². The van der Waals surface area contributed by atoms with E-state index in [0.29, 0.717) is 0 Å². The fourth-order valence-corrected chi connectivity index (χ4v) is 3.65. The molecule has 0 aliphatic carbocycles. The molecule has 2 rings (SSSR count). The minimum Gasteiger partial charge on any atom is -0.493 e. The molecule has 0 radical (unpaired) electrons. The molecule has 0 unspecified atom stereocenters. The fourth-order valence-electron chi connectivity index (χ4n) is 2.52. The molecule has 0 spiro atoms. The number of methoxy groups -OCH3 is 3. The second-order valence-corrected chi connectivity index (χ2v) is 8.05. The highest BCUT2D eigenvalue weighted by atomic mass is 32.2. The van der Waals surface area contributed by atoms with Crippen LogP contribution in [0, 0.1) is 5.82 Å². The molecule has 0 bridgehead atoms. The van der Waals surface area contributed by atoms with Gasteiger partial charge in [0.25, 0.3) is 0 Å². The summed E-state index contributed by atoms with van der Waals surface area (Å²) in [4.78, 5) is 24.4. The number of benzene rings is 2. The summed E-state index contributed by atoms with van der Waals surface area (Å²) in [5.41, 5.74) is 0.0459. The Kier molecular flexibility index (Phi) is 7.35. The van der Waals surface area contributed by atoms with Crippen LogP contribution in [0.4, 0.5) is 10.1 Å². The second-order valence-electron chi connectivity index (χ2n) is 6.01. The quantitative estimate of drug-likeness (QED) is 0.624. The molecule has 1 N–H and O–H groups in total. The number of esters is 1. The van der Waals surface area contributed by atoms with Crippen molar-refractivity contribution in [1.29, 1.82) is 0 Å². The van der Waals surface area contributed by atoms with E-state index in [1.165, 1.54) is 40.5 Å². The Labute approximate surface area is 173 Å². The smallest absolute Gasteiger partial charge is 0.340 e. The average molecular weight is 440 g/mol. The van der Waals surface area contributed by atoms with Crippen molar-refractivity contribution in [3.8, 4) is 11.5 Å². The van der Waals surface area contributed by atoms with Crippen LogP contribution in [-0.2, 0) is 19.6 Å². The molecular weight excluding hydrogens is 419 g/mol. The van der Waals surface area contributed by atoms with Gasteiger partial charge < -0.3 is 19.5 Å². The number of sulfonamides is 1. The first-order valence-electron chi connectivity index (χ1n) is 8.50. The van der Waals surface area contributed by atoms with Crippen LogP contribution >= 0.6 is 0 Å². The second kappa shape index (κ2) is 9.55. The van der Waals surface area contributed by atoms with E-state index in [1.54, 1.807) is 0 Å². The number of likely N-dealkylation sites (N-methyl/N-ethyl adjacent to an activating group) is 1. The van der Waals surface area contributed by atoms with Crippen LogP contribution in [-0.4, -0.2) is 59.5 Å². The normalized spacial score (nSPS) is 11.1. The zero-order valence-corrected chi connectivity index (χ0v) is 17.6. The Morgan fingerprint density at radius 3 is 2.13 bits per heavy atom. The van der Waals surface area contributed by atoms with Crippen molar-refractivity contribution >= 4 is 27.6 Å². The highest BCUT2D eigenvalue weighted by Gasteiger charge is 2.24. The van der Waals surface area contributed by atoms with E-state index in [2.05, 4.69) is 5.32 Å². The third-order valence-corrected chi connectivity index (χ3v) is 5.91. The minimum atomic E-state index is -4.03. The maximum atomic E-state index is 13.0. The number of amides is 1. The first-order valence-corrected chi connectivity index (χ1v) is 9.94. The van der Waals surface area contributed by atoms with E-state index < -0.39 is 34.3 Å². The molecule has 30 heavy (non-hydrogen) atoms. The van der Waals surface area contributed by atoms with Crippen molar-refractivity contribution in [2.75, 3.05) is 40.2 Å². The lowest BCUT2D eigenvalue weighted by Gasteiger charge is -2.18. The van der Waals surface area contributed by atoms with E-state index in [9.17, 15) is 22.4 Å². The van der Waals surface area contributed by atoms with Gasteiger partial charge in [0.05, 0.1) is 44.0 Å². The van der Waals surface area contributed by atoms with Crippen molar-refractivity contribution in [3.05, 3.63) is 47.8 Å². The van der Waals surface area contributed by atoms with Gasteiger partial charge in [0.2, 0.25) is 15.9 Å². The number of anilines is 1. The lowest BCUT2D eigenvalue weighted by atomic mass is 10.1. The molecule has 1 amide bonds. The van der Waals surface area contributed by atoms with Gasteiger partial charge in [-0.3, -0.25) is 4.79 Å². The number of nitrogens with one attached hydrogen (secondary N) is 1. The van der Waals surface area contributed by atoms with Crippen molar-refractivity contribution in [1.82, 2.24) is 4.31 Å². The van der Waals surface area contributed by atoms with Crippen LogP contribution in [0.1, 0.15) is 10.4 Å². The average Bonchev–Trinajstić information content (AvgIpc) is 2.72. The van der Waals surface area contributed by atoms with Crippen LogP contribution in [0.5, 0.6) is 11.5 Å². The molecule has 2 aromatic carbocycles. The van der Waals surface area contributed by atoms with Crippen molar-refractivity contribution in [2.45, 2.75) is 4.90 Å². The van der Waals surface area contributed by atoms with Crippen LogP contribution in [0.3, 0.4) is 0 Å². The van der Waals surface area contributed by atoms with E-state index in [4.69, 9.17) is 14.2 Å². The Bertz CT molecular complexity index is 1040. The summed E-state index contributed by atoms with van der Waals surface area (Å²) < 4.78 is 54.0. The van der Waals surface area contributed by atoms with Crippen LogP contribution in [0.2, 0.25) is 0 Å². The summed E-state index contributed by atoms with van der Waals surface area (Å²) in [6.07, 6.45) is 0. The fraction of sp³-hybridized carbons (Fsp3) is 0.263. The van der Waals surface area contributed by atoms with Crippen molar-refractivity contribution < 1.29 is 36.6 Å². The van der Waals surface area contributed by atoms with E-state index in [0.717, 1.165) is 28.6 Å². The van der Waals surface area contributed by atoms with Gasteiger partial charge in [-0.05, 0) is 24.3 Å². The predicted octanol–water partition coefficient (Wildman–Crippen LogP) is 1.89. The first-order chi connectivity index (χ1) is 14.1. The van der Waals surface area contributed by atoms with Gasteiger partial charge in [-0.2, -0.15) is 4.31 Å². The SMILES string of the molecule is COC(=O)c1cc(OC)c(OC)cc1NC(=O)CN(C)S(=O)(=O)c1ccc(F)cc1. The zero-order valence-electron chi connectivity index (χ0n) is 16.8. The molecule has 0 fully saturated rings. The number of halogens is 1. The Morgan fingerprint density at radius 2 is 1.60 bits per heavy atom. The molecule has 0 aromatic heterocycles. The molecule has 0 saturated heterocycles. The number of carbonyl (C=O) groups is 2. The number of nitrogens with zero attached hydrogens (tertiary/aromatic N) is 1. The summed E-state index contributed by atoms with van der Waals surface area (Å²) in [5.74, 6) is -1.56. The van der Waals surface area contributed by atoms with E-state index in [-0.39, 0.29) is 27.6 Å². The summed E-state index contributed by atoms with van der Waals surface area (Å²) in [6, 6.07) is 6.91. The highest BCUT2D eigenvalue weighted by Crippen LogP contribution is 2.33. The van der Waals surface area contributed by atoms with Gasteiger partial charge in [-0.15, -0.1) is 0 Å². The van der Waals surface area contributed by atoms with Gasteiger partial charge in [0.15, 0.2) is 11.5 Å². The molecule has 0 saturated carbocycles. The zero-order chi connectivity index (χ0) is 22.5. The summed E-state index contributed by atoms with van der Waals surface area (Å²) in [7, 11) is 1.11.